The summed E-state index contributed by atoms with van der Waals surface area (Å²) in [5.74, 6) is 0.914. The summed E-state index contributed by atoms with van der Waals surface area (Å²) in [5, 5.41) is 0. The Morgan fingerprint density at radius 1 is 0.792 bits per heavy atom. The standard InChI is InChI=1S/C9H18O2.3C4H9.Sn/c1-8(2)6-4-3-5-7-9(10)11;3*1-3-4-2;/h8H,3-7H2,1-2H3,(H,10,11);3*1,3-4H2,2H3;/q;;;;+1/p-1. The van der Waals surface area contributed by atoms with Crippen molar-refractivity contribution in [2.24, 2.45) is 5.92 Å². The van der Waals surface area contributed by atoms with Crippen molar-refractivity contribution in [1.82, 2.24) is 0 Å². The van der Waals surface area contributed by atoms with Crippen LogP contribution < -0.4 is 0 Å². The quantitative estimate of drug-likeness (QED) is 0.181. The van der Waals surface area contributed by atoms with Crippen molar-refractivity contribution in [3.63, 3.8) is 0 Å². The zero-order valence-electron chi connectivity index (χ0n) is 17.3. The molecular formula is C21H44O2Sn. The first-order valence-electron chi connectivity index (χ1n) is 10.7. The first-order valence-corrected chi connectivity index (χ1v) is 17.9. The molecule has 0 fully saturated rings. The molecule has 0 aliphatic carbocycles. The molecule has 0 aliphatic heterocycles. The Bertz CT molecular complexity index is 280. The molecular weight excluding hydrogens is 403 g/mol. The van der Waals surface area contributed by atoms with Crippen LogP contribution in [-0.2, 0) is 7.87 Å². The summed E-state index contributed by atoms with van der Waals surface area (Å²) < 4.78 is 10.1. The van der Waals surface area contributed by atoms with Crippen LogP contribution in [0.25, 0.3) is 0 Å². The molecule has 0 atom stereocenters. The second kappa shape index (κ2) is 15.5. The molecule has 0 unspecified atom stereocenters. The van der Waals surface area contributed by atoms with E-state index in [4.69, 9.17) is 3.07 Å². The van der Waals surface area contributed by atoms with E-state index >= 15 is 0 Å². The number of rotatable bonds is 16. The molecule has 144 valence electrons. The molecule has 0 saturated heterocycles. The van der Waals surface area contributed by atoms with Gasteiger partial charge >= 0.3 is 157 Å². The van der Waals surface area contributed by atoms with E-state index in [1.54, 1.807) is 0 Å². The number of carbonyl (C=O) groups excluding carboxylic acids is 1. The molecule has 0 N–H and O–H groups in total. The van der Waals surface area contributed by atoms with Crippen molar-refractivity contribution in [2.75, 3.05) is 0 Å². The third kappa shape index (κ3) is 12.6. The fourth-order valence-corrected chi connectivity index (χ4v) is 16.5. The van der Waals surface area contributed by atoms with E-state index in [0.29, 0.717) is 6.42 Å². The van der Waals surface area contributed by atoms with Crippen LogP contribution in [0.4, 0.5) is 0 Å². The Hall–Kier alpha value is 0.269. The first kappa shape index (κ1) is 24.3. The van der Waals surface area contributed by atoms with Gasteiger partial charge in [-0.1, -0.05) is 0 Å². The van der Waals surface area contributed by atoms with Gasteiger partial charge < -0.3 is 0 Å². The van der Waals surface area contributed by atoms with Crippen molar-refractivity contribution >= 4 is 24.8 Å². The van der Waals surface area contributed by atoms with Crippen LogP contribution in [-0.4, -0.2) is 24.8 Å². The van der Waals surface area contributed by atoms with E-state index < -0.39 is 18.8 Å². The van der Waals surface area contributed by atoms with Crippen molar-refractivity contribution in [2.45, 2.75) is 119 Å². The van der Waals surface area contributed by atoms with Gasteiger partial charge in [-0.2, -0.15) is 0 Å². The van der Waals surface area contributed by atoms with Crippen LogP contribution in [0, 0.1) is 5.92 Å². The summed E-state index contributed by atoms with van der Waals surface area (Å²) in [6, 6.07) is 0. The predicted octanol–water partition coefficient (Wildman–Crippen LogP) is 7.48. The van der Waals surface area contributed by atoms with Crippen molar-refractivity contribution in [3.05, 3.63) is 0 Å². The van der Waals surface area contributed by atoms with Gasteiger partial charge in [-0.3, -0.25) is 0 Å². The molecule has 0 bridgehead atoms. The summed E-state index contributed by atoms with van der Waals surface area (Å²) in [5.41, 5.74) is 0. The average molecular weight is 447 g/mol. The van der Waals surface area contributed by atoms with Gasteiger partial charge in [-0.25, -0.2) is 0 Å². The van der Waals surface area contributed by atoms with Gasteiger partial charge in [0.2, 0.25) is 0 Å². The van der Waals surface area contributed by atoms with Crippen molar-refractivity contribution in [3.8, 4) is 0 Å². The third-order valence-electron chi connectivity index (χ3n) is 4.95. The Labute approximate surface area is 156 Å². The number of unbranched alkanes of at least 4 members (excludes halogenated alkanes) is 5. The van der Waals surface area contributed by atoms with Crippen LogP contribution in [0.15, 0.2) is 0 Å². The summed E-state index contributed by atoms with van der Waals surface area (Å²) in [7, 11) is 0. The average Bonchev–Trinajstić information content (AvgIpc) is 2.55. The Balaban J connectivity index is 4.48. The molecule has 0 saturated carbocycles. The topological polar surface area (TPSA) is 26.3 Å². The van der Waals surface area contributed by atoms with Crippen LogP contribution in [0.3, 0.4) is 0 Å². The summed E-state index contributed by atoms with van der Waals surface area (Å²) >= 11 is -2.71. The van der Waals surface area contributed by atoms with E-state index in [9.17, 15) is 4.79 Å². The predicted molar refractivity (Wildman–Crippen MR) is 109 cm³/mol. The van der Waals surface area contributed by atoms with Crippen LogP contribution in [0.5, 0.6) is 0 Å². The van der Waals surface area contributed by atoms with Gasteiger partial charge in [-0.15, -0.1) is 0 Å². The first-order chi connectivity index (χ1) is 11.5. The van der Waals surface area contributed by atoms with Crippen molar-refractivity contribution < 1.29 is 7.87 Å². The Kier molecular flexibility index (Phi) is 15.7. The second-order valence-corrected chi connectivity index (χ2v) is 19.6. The van der Waals surface area contributed by atoms with Crippen molar-refractivity contribution in [1.29, 1.82) is 0 Å². The third-order valence-corrected chi connectivity index (χ3v) is 17.7. The monoisotopic (exact) mass is 448 g/mol. The maximum atomic E-state index is 12.5. The number of hydrogen-bond donors (Lipinski definition) is 0. The van der Waals surface area contributed by atoms with E-state index in [1.807, 2.05) is 0 Å². The number of hydrogen-bond acceptors (Lipinski definition) is 2. The van der Waals surface area contributed by atoms with Gasteiger partial charge in [-0.05, 0) is 0 Å². The molecule has 0 aromatic carbocycles. The molecule has 0 radical (unpaired) electrons. The van der Waals surface area contributed by atoms with E-state index in [0.717, 1.165) is 12.3 Å². The van der Waals surface area contributed by atoms with Crippen LogP contribution >= 0.6 is 0 Å². The summed E-state index contributed by atoms with van der Waals surface area (Å²) in [4.78, 5) is 12.5. The molecule has 0 heterocycles. The molecule has 0 aromatic rings. The van der Waals surface area contributed by atoms with Gasteiger partial charge in [0.1, 0.15) is 0 Å². The fourth-order valence-electron chi connectivity index (χ4n) is 3.32. The normalized spacial score (nSPS) is 11.9. The van der Waals surface area contributed by atoms with E-state index in [1.165, 1.54) is 71.1 Å². The molecule has 3 heteroatoms. The summed E-state index contributed by atoms with van der Waals surface area (Å²) in [6.45, 7) is 11.3. The van der Waals surface area contributed by atoms with Gasteiger partial charge in [0.25, 0.3) is 0 Å². The molecule has 0 rings (SSSR count). The zero-order valence-corrected chi connectivity index (χ0v) is 20.1. The molecule has 2 nitrogen and oxygen atoms in total. The second-order valence-electron chi connectivity index (χ2n) is 7.96. The molecule has 0 aliphatic rings. The van der Waals surface area contributed by atoms with Crippen LogP contribution in [0.2, 0.25) is 13.3 Å². The SMILES string of the molecule is CCC[CH2][Sn]([CH2]CCC)([CH2]CCC)[O]C(=O)CCCCCC(C)C. The van der Waals surface area contributed by atoms with E-state index in [2.05, 4.69) is 34.6 Å². The molecule has 0 aromatic heterocycles. The van der Waals surface area contributed by atoms with Crippen LogP contribution in [0.1, 0.15) is 105 Å². The van der Waals surface area contributed by atoms with Gasteiger partial charge in [0, 0.05) is 0 Å². The number of carbonyl (C=O) groups is 1. The molecule has 0 amide bonds. The molecule has 0 spiro atoms. The Morgan fingerprint density at radius 3 is 1.71 bits per heavy atom. The maximum absolute atomic E-state index is 12.5. The van der Waals surface area contributed by atoms with Gasteiger partial charge in [0.15, 0.2) is 0 Å². The summed E-state index contributed by atoms with van der Waals surface area (Å²) in [6.07, 6.45) is 12.8. The fraction of sp³-hybridized carbons (Fsp3) is 0.952. The van der Waals surface area contributed by atoms with Gasteiger partial charge in [0.05, 0.1) is 0 Å². The minimum absolute atomic E-state index is 0.138. The Morgan fingerprint density at radius 2 is 1.29 bits per heavy atom. The van der Waals surface area contributed by atoms with E-state index in [-0.39, 0.29) is 5.97 Å². The zero-order chi connectivity index (χ0) is 18.3. The molecule has 24 heavy (non-hydrogen) atoms. The minimum atomic E-state index is -2.71.